The zero-order chi connectivity index (χ0) is 23.3. The Kier molecular flexibility index (Phi) is 7.80. The van der Waals surface area contributed by atoms with Gasteiger partial charge in [-0.15, -0.1) is 0 Å². The van der Waals surface area contributed by atoms with Crippen molar-refractivity contribution >= 4 is 58.4 Å². The van der Waals surface area contributed by atoms with Crippen LogP contribution in [0.3, 0.4) is 0 Å². The molecule has 32 heavy (non-hydrogen) atoms. The highest BCUT2D eigenvalue weighted by Crippen LogP contribution is 2.33. The first-order valence-corrected chi connectivity index (χ1v) is 10.6. The lowest BCUT2D eigenvalue weighted by Gasteiger charge is -2.13. The van der Waals surface area contributed by atoms with Crippen LogP contribution in [0.15, 0.2) is 66.4 Å². The number of aryl methyl sites for hydroxylation is 1. The molecule has 2 amide bonds. The third-order valence-electron chi connectivity index (χ3n) is 4.42. The Labute approximate surface area is 200 Å². The van der Waals surface area contributed by atoms with Crippen molar-refractivity contribution < 1.29 is 14.3 Å². The van der Waals surface area contributed by atoms with Crippen LogP contribution in [-0.2, 0) is 4.79 Å². The van der Waals surface area contributed by atoms with Crippen LogP contribution in [0, 0.1) is 6.92 Å². The van der Waals surface area contributed by atoms with E-state index in [0.717, 1.165) is 5.56 Å². The van der Waals surface area contributed by atoms with Gasteiger partial charge in [0.1, 0.15) is 11.4 Å². The zero-order valence-corrected chi connectivity index (χ0v) is 19.5. The summed E-state index contributed by atoms with van der Waals surface area (Å²) in [4.78, 5) is 25.9. The Bertz CT molecular complexity index is 1190. The molecule has 164 valence electrons. The van der Waals surface area contributed by atoms with E-state index in [1.165, 1.54) is 19.3 Å². The molecule has 0 saturated carbocycles. The second-order valence-corrected chi connectivity index (χ2v) is 8.13. The van der Waals surface area contributed by atoms with Crippen LogP contribution in [0.4, 0.5) is 5.69 Å². The number of benzene rings is 3. The van der Waals surface area contributed by atoms with Crippen LogP contribution in [0.1, 0.15) is 21.5 Å². The van der Waals surface area contributed by atoms with Crippen molar-refractivity contribution in [2.75, 3.05) is 12.4 Å². The number of nitrogens with one attached hydrogen (secondary N) is 2. The van der Waals surface area contributed by atoms with Gasteiger partial charge >= 0.3 is 0 Å². The number of hydrogen-bond acceptors (Lipinski definition) is 3. The molecule has 0 aliphatic heterocycles. The fourth-order valence-corrected chi connectivity index (χ4v) is 3.64. The molecule has 2 N–H and O–H groups in total. The molecule has 0 bridgehead atoms. The molecule has 0 atom stereocenters. The highest BCUT2D eigenvalue weighted by Gasteiger charge is 2.17. The van der Waals surface area contributed by atoms with E-state index in [9.17, 15) is 9.59 Å². The lowest BCUT2D eigenvalue weighted by molar-refractivity contribution is -0.113. The van der Waals surface area contributed by atoms with E-state index in [-0.39, 0.29) is 10.7 Å². The van der Waals surface area contributed by atoms with Crippen molar-refractivity contribution in [3.8, 4) is 5.75 Å². The van der Waals surface area contributed by atoms with Crippen molar-refractivity contribution in [2.45, 2.75) is 6.92 Å². The zero-order valence-electron chi connectivity index (χ0n) is 17.2. The summed E-state index contributed by atoms with van der Waals surface area (Å²) in [6, 6.07) is 16.7. The monoisotopic (exact) mass is 488 g/mol. The summed E-state index contributed by atoms with van der Waals surface area (Å²) in [5.41, 5.74) is 2.23. The predicted molar refractivity (Wildman–Crippen MR) is 130 cm³/mol. The maximum Gasteiger partial charge on any atom is 0.272 e. The number of rotatable bonds is 6. The minimum Gasteiger partial charge on any atom is -0.495 e. The molecule has 5 nitrogen and oxygen atoms in total. The van der Waals surface area contributed by atoms with Crippen LogP contribution < -0.4 is 15.4 Å². The molecule has 0 unspecified atom stereocenters. The Balaban J connectivity index is 2.00. The van der Waals surface area contributed by atoms with E-state index < -0.39 is 11.8 Å². The van der Waals surface area contributed by atoms with Gasteiger partial charge in [-0.05, 0) is 61.5 Å². The molecule has 8 heteroatoms. The summed E-state index contributed by atoms with van der Waals surface area (Å²) in [5, 5.41) is 6.57. The lowest BCUT2D eigenvalue weighted by atomic mass is 10.1. The summed E-state index contributed by atoms with van der Waals surface area (Å²) in [5.74, 6) is -0.678. The molecule has 0 fully saturated rings. The van der Waals surface area contributed by atoms with E-state index >= 15 is 0 Å². The van der Waals surface area contributed by atoms with E-state index in [4.69, 9.17) is 39.5 Å². The number of ether oxygens (including phenoxy) is 1. The summed E-state index contributed by atoms with van der Waals surface area (Å²) >= 11 is 18.3. The van der Waals surface area contributed by atoms with Gasteiger partial charge in [-0.2, -0.15) is 0 Å². The van der Waals surface area contributed by atoms with Gasteiger partial charge in [-0.1, -0.05) is 52.5 Å². The Morgan fingerprint density at radius 1 is 0.938 bits per heavy atom. The van der Waals surface area contributed by atoms with Crippen LogP contribution in [0.2, 0.25) is 15.1 Å². The third-order valence-corrected chi connectivity index (χ3v) is 5.17. The van der Waals surface area contributed by atoms with Gasteiger partial charge in [0.05, 0.1) is 12.1 Å². The molecular weight excluding hydrogens is 471 g/mol. The van der Waals surface area contributed by atoms with Gasteiger partial charge in [0.25, 0.3) is 11.8 Å². The number of anilines is 1. The second kappa shape index (κ2) is 10.6. The molecule has 0 saturated heterocycles. The highest BCUT2D eigenvalue weighted by molar-refractivity contribution is 6.36. The van der Waals surface area contributed by atoms with Crippen LogP contribution in [0.25, 0.3) is 6.08 Å². The minimum absolute atomic E-state index is 0.0249. The second-order valence-electron chi connectivity index (χ2n) is 6.85. The Morgan fingerprint density at radius 3 is 2.31 bits per heavy atom. The molecule has 3 aromatic carbocycles. The minimum atomic E-state index is -0.550. The van der Waals surface area contributed by atoms with Crippen molar-refractivity contribution in [1.82, 2.24) is 5.32 Å². The first-order chi connectivity index (χ1) is 15.3. The summed E-state index contributed by atoms with van der Waals surface area (Å²) < 4.78 is 5.35. The number of hydrogen-bond donors (Lipinski definition) is 2. The maximum atomic E-state index is 13.1. The van der Waals surface area contributed by atoms with E-state index in [0.29, 0.717) is 32.6 Å². The van der Waals surface area contributed by atoms with Crippen molar-refractivity contribution in [2.24, 2.45) is 0 Å². The van der Waals surface area contributed by atoms with Crippen LogP contribution >= 0.6 is 34.8 Å². The maximum absolute atomic E-state index is 13.1. The first-order valence-electron chi connectivity index (χ1n) is 9.46. The topological polar surface area (TPSA) is 67.4 Å². The molecule has 0 aliphatic rings. The fraction of sp³-hybridized carbons (Fsp3) is 0.0833. The molecule has 3 aromatic rings. The Hall–Kier alpha value is -2.99. The van der Waals surface area contributed by atoms with Crippen molar-refractivity contribution in [3.05, 3.63) is 98.1 Å². The standard InChI is InChI=1S/C24H19Cl3N2O3/c1-14-4-3-5-15(10-14)23(30)29-21(24(31)28-19-8-6-17(25)7-9-19)12-16-11-18(26)13-20(27)22(16)32-2/h3-13H,1-2H3,(H,28,31)(H,29,30)/b21-12+. The fourth-order valence-electron chi connectivity index (χ4n) is 2.93. The molecule has 0 aromatic heterocycles. The quantitative estimate of drug-likeness (QED) is 0.395. The predicted octanol–water partition coefficient (Wildman–Crippen LogP) is 6.37. The lowest BCUT2D eigenvalue weighted by Crippen LogP contribution is -2.30. The van der Waals surface area contributed by atoms with Crippen molar-refractivity contribution in [1.29, 1.82) is 0 Å². The molecular formula is C24H19Cl3N2O3. The normalized spacial score (nSPS) is 11.1. The van der Waals surface area contributed by atoms with E-state index in [1.54, 1.807) is 48.5 Å². The summed E-state index contributed by atoms with van der Waals surface area (Å²) in [6.45, 7) is 1.87. The van der Waals surface area contributed by atoms with Gasteiger partial charge in [0.15, 0.2) is 0 Å². The molecule has 3 rings (SSSR count). The van der Waals surface area contributed by atoms with Gasteiger partial charge in [0, 0.05) is 26.9 Å². The van der Waals surface area contributed by atoms with Gasteiger partial charge in [-0.25, -0.2) is 0 Å². The molecule has 0 radical (unpaired) electrons. The van der Waals surface area contributed by atoms with Gasteiger partial charge in [0.2, 0.25) is 0 Å². The van der Waals surface area contributed by atoms with Gasteiger partial charge < -0.3 is 15.4 Å². The highest BCUT2D eigenvalue weighted by atomic mass is 35.5. The van der Waals surface area contributed by atoms with E-state index in [1.807, 2.05) is 13.0 Å². The summed E-state index contributed by atoms with van der Waals surface area (Å²) in [6.07, 6.45) is 1.45. The first kappa shape index (κ1) is 23.7. The average Bonchev–Trinajstić information content (AvgIpc) is 2.74. The van der Waals surface area contributed by atoms with Crippen LogP contribution in [0.5, 0.6) is 5.75 Å². The van der Waals surface area contributed by atoms with E-state index in [2.05, 4.69) is 10.6 Å². The molecule has 0 spiro atoms. The number of carbonyl (C=O) groups is 2. The smallest absolute Gasteiger partial charge is 0.272 e. The number of amides is 2. The van der Waals surface area contributed by atoms with Crippen molar-refractivity contribution in [3.63, 3.8) is 0 Å². The molecule has 0 heterocycles. The Morgan fingerprint density at radius 2 is 1.66 bits per heavy atom. The molecule has 0 aliphatic carbocycles. The number of halogens is 3. The van der Waals surface area contributed by atoms with Crippen LogP contribution in [-0.4, -0.2) is 18.9 Å². The number of carbonyl (C=O) groups excluding carboxylic acids is 2. The van der Waals surface area contributed by atoms with Gasteiger partial charge in [-0.3, -0.25) is 9.59 Å². The largest absolute Gasteiger partial charge is 0.495 e. The SMILES string of the molecule is COc1c(Cl)cc(Cl)cc1/C=C(/NC(=O)c1cccc(C)c1)C(=O)Nc1ccc(Cl)cc1. The third kappa shape index (κ3) is 6.04. The number of methoxy groups -OCH3 is 1. The average molecular weight is 490 g/mol. The summed E-state index contributed by atoms with van der Waals surface area (Å²) in [7, 11) is 1.45.